The summed E-state index contributed by atoms with van der Waals surface area (Å²) >= 11 is 0. The van der Waals surface area contributed by atoms with Crippen LogP contribution in [0, 0.1) is 0 Å². The molecular weight excluding hydrogens is 362 g/mol. The lowest BCUT2D eigenvalue weighted by Gasteiger charge is -2.17. The van der Waals surface area contributed by atoms with Crippen molar-refractivity contribution < 1.29 is 9.59 Å². The minimum absolute atomic E-state index is 0.296. The number of benzene rings is 2. The fourth-order valence-corrected chi connectivity index (χ4v) is 3.59. The number of nitrogens with two attached hydrogens (primary N) is 1. The second kappa shape index (κ2) is 9.82. The van der Waals surface area contributed by atoms with Gasteiger partial charge in [-0.25, -0.2) is 4.98 Å². The van der Waals surface area contributed by atoms with Gasteiger partial charge >= 0.3 is 0 Å². The summed E-state index contributed by atoms with van der Waals surface area (Å²) in [6.45, 7) is 3.72. The van der Waals surface area contributed by atoms with Crippen LogP contribution in [0.2, 0.25) is 0 Å². The fourth-order valence-electron chi connectivity index (χ4n) is 3.59. The van der Waals surface area contributed by atoms with Crippen LogP contribution in [0.4, 0.5) is 0 Å². The van der Waals surface area contributed by atoms with Crippen LogP contribution in [0.25, 0.3) is 21.8 Å². The molecule has 3 N–H and O–H groups in total. The smallest absolute Gasteiger partial charge is 0.253 e. The van der Waals surface area contributed by atoms with Crippen LogP contribution in [-0.4, -0.2) is 22.8 Å². The van der Waals surface area contributed by atoms with E-state index in [4.69, 9.17) is 5.73 Å². The molecule has 1 heterocycles. The number of nitrogens with zero attached hydrogens (tertiary/aromatic N) is 1. The Hall–Kier alpha value is -3.21. The molecule has 5 nitrogen and oxygen atoms in total. The number of unbranched alkanes of at least 4 members (excludes halogenated alkanes) is 4. The van der Waals surface area contributed by atoms with Gasteiger partial charge in [-0.3, -0.25) is 9.59 Å². The van der Waals surface area contributed by atoms with Crippen molar-refractivity contribution in [2.45, 2.75) is 44.6 Å². The van der Waals surface area contributed by atoms with Crippen molar-refractivity contribution in [3.05, 3.63) is 66.7 Å². The largest absolute Gasteiger partial charge is 0.368 e. The Morgan fingerprint density at radius 3 is 2.14 bits per heavy atom. The van der Waals surface area contributed by atoms with E-state index in [-0.39, 0.29) is 5.91 Å². The molecule has 29 heavy (non-hydrogen) atoms. The molecule has 3 aromatic rings. The first-order chi connectivity index (χ1) is 14.1. The number of carbonyl (C=O) groups is 2. The molecule has 150 valence electrons. The highest BCUT2D eigenvalue weighted by molar-refractivity contribution is 6.16. The monoisotopic (exact) mass is 389 g/mol. The summed E-state index contributed by atoms with van der Waals surface area (Å²) in [5.41, 5.74) is 7.59. The van der Waals surface area contributed by atoms with Crippen LogP contribution in [0.15, 0.2) is 61.2 Å². The highest BCUT2D eigenvalue weighted by Crippen LogP contribution is 2.26. The van der Waals surface area contributed by atoms with E-state index in [0.29, 0.717) is 12.0 Å². The van der Waals surface area contributed by atoms with E-state index in [1.54, 1.807) is 0 Å². The molecule has 0 bridgehead atoms. The normalized spacial score (nSPS) is 12.0. The average molecular weight is 389 g/mol. The zero-order valence-corrected chi connectivity index (χ0v) is 16.6. The lowest BCUT2D eigenvalue weighted by atomic mass is 10.0. The minimum atomic E-state index is -0.687. The number of para-hydroxylation sites is 2. The van der Waals surface area contributed by atoms with Crippen LogP contribution in [0.5, 0.6) is 0 Å². The van der Waals surface area contributed by atoms with Crippen molar-refractivity contribution in [3.8, 4) is 0 Å². The first-order valence-corrected chi connectivity index (χ1v) is 10.1. The Bertz CT molecular complexity index is 975. The van der Waals surface area contributed by atoms with Crippen molar-refractivity contribution in [2.75, 3.05) is 0 Å². The number of fused-ring (bicyclic) bond motifs is 2. The summed E-state index contributed by atoms with van der Waals surface area (Å²) < 4.78 is 0. The summed E-state index contributed by atoms with van der Waals surface area (Å²) in [5.74, 6) is -0.803. The summed E-state index contributed by atoms with van der Waals surface area (Å²) in [5, 5.41) is 4.38. The van der Waals surface area contributed by atoms with Crippen molar-refractivity contribution >= 4 is 33.6 Å². The molecular formula is C24H27N3O2. The van der Waals surface area contributed by atoms with Gasteiger partial charge in [-0.2, -0.15) is 0 Å². The third-order valence-corrected chi connectivity index (χ3v) is 5.11. The molecule has 0 fully saturated rings. The van der Waals surface area contributed by atoms with Crippen LogP contribution in [0.1, 0.15) is 48.9 Å². The summed E-state index contributed by atoms with van der Waals surface area (Å²) in [6, 6.07) is 14.4. The Labute approximate surface area is 171 Å². The van der Waals surface area contributed by atoms with Gasteiger partial charge < -0.3 is 11.1 Å². The van der Waals surface area contributed by atoms with Gasteiger partial charge in [0.1, 0.15) is 6.04 Å². The molecule has 2 aromatic carbocycles. The van der Waals surface area contributed by atoms with E-state index < -0.39 is 11.9 Å². The van der Waals surface area contributed by atoms with Gasteiger partial charge in [0.05, 0.1) is 16.6 Å². The van der Waals surface area contributed by atoms with Crippen LogP contribution >= 0.6 is 0 Å². The number of aromatic nitrogens is 1. The van der Waals surface area contributed by atoms with Gasteiger partial charge in [-0.05, 0) is 31.4 Å². The van der Waals surface area contributed by atoms with Gasteiger partial charge in [0.2, 0.25) is 5.91 Å². The van der Waals surface area contributed by atoms with Crippen LogP contribution in [0.3, 0.4) is 0 Å². The van der Waals surface area contributed by atoms with Crippen molar-refractivity contribution in [3.63, 3.8) is 0 Å². The van der Waals surface area contributed by atoms with Crippen molar-refractivity contribution in [1.82, 2.24) is 10.3 Å². The summed E-state index contributed by atoms with van der Waals surface area (Å²) in [7, 11) is 0. The van der Waals surface area contributed by atoms with Crippen molar-refractivity contribution in [1.29, 1.82) is 0 Å². The highest BCUT2D eigenvalue weighted by atomic mass is 16.2. The molecule has 0 radical (unpaired) electrons. The highest BCUT2D eigenvalue weighted by Gasteiger charge is 2.22. The number of allylic oxidation sites excluding steroid dienone is 1. The van der Waals surface area contributed by atoms with E-state index >= 15 is 0 Å². The molecule has 0 aliphatic carbocycles. The van der Waals surface area contributed by atoms with Gasteiger partial charge in [0, 0.05) is 10.8 Å². The van der Waals surface area contributed by atoms with Crippen LogP contribution in [-0.2, 0) is 4.79 Å². The lowest BCUT2D eigenvalue weighted by Crippen LogP contribution is -2.44. The molecule has 1 aromatic heterocycles. The number of hydrogen-bond acceptors (Lipinski definition) is 3. The van der Waals surface area contributed by atoms with Crippen molar-refractivity contribution in [2.24, 2.45) is 5.73 Å². The first kappa shape index (κ1) is 20.5. The third-order valence-electron chi connectivity index (χ3n) is 5.11. The number of nitrogens with one attached hydrogen (secondary N) is 1. The molecule has 0 spiro atoms. The number of carbonyl (C=O) groups excluding carboxylic acids is 2. The van der Waals surface area contributed by atoms with Gasteiger partial charge in [0.25, 0.3) is 5.91 Å². The topological polar surface area (TPSA) is 85.1 Å². The molecule has 2 amide bonds. The predicted octanol–water partition coefficient (Wildman–Crippen LogP) is 4.50. The standard InChI is InChI=1S/C24H27N3O2/c1-2-3-4-5-6-7-16-21(23(25)28)27-24(29)22-17-12-8-10-14-19(17)26-20-15-11-9-13-18(20)22/h2,8-15,21H,1,3-7,16H2,(H2,25,28)(H,27,29)/t21-/m1/s1. The number of rotatable bonds is 10. The maximum atomic E-state index is 13.2. The quantitative estimate of drug-likeness (QED) is 0.304. The zero-order valence-electron chi connectivity index (χ0n) is 16.6. The Balaban J connectivity index is 1.81. The molecule has 1 atom stereocenters. The Morgan fingerprint density at radius 1 is 0.966 bits per heavy atom. The second-order valence-corrected chi connectivity index (χ2v) is 7.23. The molecule has 0 saturated carbocycles. The second-order valence-electron chi connectivity index (χ2n) is 7.23. The molecule has 3 rings (SSSR count). The SMILES string of the molecule is C=CCCCCCC[C@@H](NC(=O)c1c2ccccc2nc2ccccc12)C(N)=O. The Morgan fingerprint density at radius 2 is 1.55 bits per heavy atom. The molecule has 0 saturated heterocycles. The number of primary amides is 1. The minimum Gasteiger partial charge on any atom is -0.368 e. The summed E-state index contributed by atoms with van der Waals surface area (Å²) in [4.78, 5) is 29.8. The molecule has 0 aliphatic heterocycles. The van der Waals surface area contributed by atoms with Gasteiger partial charge in [0.15, 0.2) is 0 Å². The van der Waals surface area contributed by atoms with E-state index in [1.807, 2.05) is 54.6 Å². The number of amides is 2. The maximum Gasteiger partial charge on any atom is 0.253 e. The lowest BCUT2D eigenvalue weighted by molar-refractivity contribution is -0.120. The molecule has 5 heteroatoms. The van der Waals surface area contributed by atoms with E-state index in [1.165, 1.54) is 0 Å². The van der Waals surface area contributed by atoms with Crippen LogP contribution < -0.4 is 11.1 Å². The van der Waals surface area contributed by atoms with E-state index in [2.05, 4.69) is 16.9 Å². The number of pyridine rings is 1. The third kappa shape index (κ3) is 4.99. The van der Waals surface area contributed by atoms with Gasteiger partial charge in [-0.1, -0.05) is 61.7 Å². The Kier molecular flexibility index (Phi) is 6.95. The molecule has 0 unspecified atom stereocenters. The average Bonchev–Trinajstić information content (AvgIpc) is 2.73. The maximum absolute atomic E-state index is 13.2. The predicted molar refractivity (Wildman–Crippen MR) is 118 cm³/mol. The molecule has 0 aliphatic rings. The first-order valence-electron chi connectivity index (χ1n) is 10.1. The van der Waals surface area contributed by atoms with E-state index in [0.717, 1.165) is 53.9 Å². The van der Waals surface area contributed by atoms with Gasteiger partial charge in [-0.15, -0.1) is 6.58 Å². The number of hydrogen-bond donors (Lipinski definition) is 2. The zero-order chi connectivity index (χ0) is 20.6. The summed E-state index contributed by atoms with van der Waals surface area (Å²) in [6.07, 6.45) is 7.44. The fraction of sp³-hybridized carbons (Fsp3) is 0.292. The van der Waals surface area contributed by atoms with E-state index in [9.17, 15) is 9.59 Å².